The zero-order valence-electron chi connectivity index (χ0n) is 14.4. The molecule has 1 aromatic carbocycles. The van der Waals surface area contributed by atoms with Crippen molar-refractivity contribution >= 4 is 49.7 Å². The highest BCUT2D eigenvalue weighted by Gasteiger charge is 2.40. The molecular formula is C18H14F3N3O2S2. The topological polar surface area (TPSA) is 53.5 Å². The van der Waals surface area contributed by atoms with Crippen LogP contribution in [-0.4, -0.2) is 53.9 Å². The van der Waals surface area contributed by atoms with Crippen LogP contribution in [0.25, 0.3) is 10.2 Å². The number of halogens is 3. The lowest BCUT2D eigenvalue weighted by atomic mass is 10.3. The number of benzene rings is 1. The molecule has 1 aliphatic rings. The molecule has 0 radical (unpaired) electrons. The molecule has 3 aromatic rings. The number of para-hydroxylation sites is 1. The Bertz CT molecular complexity index is 1000. The highest BCUT2D eigenvalue weighted by atomic mass is 32.1. The zero-order valence-corrected chi connectivity index (χ0v) is 16.0. The first-order valence-corrected chi connectivity index (χ1v) is 10.1. The summed E-state index contributed by atoms with van der Waals surface area (Å²) in [6.07, 6.45) is -4.94. The Kier molecular flexibility index (Phi) is 4.84. The number of carbonyl (C=O) groups is 2. The van der Waals surface area contributed by atoms with Crippen LogP contribution in [0.2, 0.25) is 0 Å². The SMILES string of the molecule is O=C(c1ccc(C(=O)C(F)(F)F)s1)N1CCN(c2nc3ccccc3s2)CC1. The van der Waals surface area contributed by atoms with Gasteiger partial charge in [-0.25, -0.2) is 4.98 Å². The van der Waals surface area contributed by atoms with Gasteiger partial charge in [0, 0.05) is 26.2 Å². The van der Waals surface area contributed by atoms with E-state index in [0.29, 0.717) is 37.5 Å². The fraction of sp³-hybridized carbons (Fsp3) is 0.278. The molecule has 10 heteroatoms. The smallest absolute Gasteiger partial charge is 0.345 e. The summed E-state index contributed by atoms with van der Waals surface area (Å²) in [6, 6.07) is 10.2. The first-order valence-electron chi connectivity index (χ1n) is 8.44. The number of ketones is 1. The van der Waals surface area contributed by atoms with Crippen molar-refractivity contribution < 1.29 is 22.8 Å². The van der Waals surface area contributed by atoms with Gasteiger partial charge in [-0.15, -0.1) is 11.3 Å². The maximum absolute atomic E-state index is 12.6. The van der Waals surface area contributed by atoms with Gasteiger partial charge >= 0.3 is 6.18 Å². The van der Waals surface area contributed by atoms with Gasteiger partial charge in [0.15, 0.2) is 5.13 Å². The summed E-state index contributed by atoms with van der Waals surface area (Å²) in [4.78, 5) is 31.9. The lowest BCUT2D eigenvalue weighted by Crippen LogP contribution is -2.48. The van der Waals surface area contributed by atoms with E-state index in [1.807, 2.05) is 24.3 Å². The van der Waals surface area contributed by atoms with Crippen LogP contribution in [0.1, 0.15) is 19.3 Å². The first kappa shape index (κ1) is 18.9. The Morgan fingerprint density at radius 3 is 2.29 bits per heavy atom. The second-order valence-electron chi connectivity index (χ2n) is 6.23. The van der Waals surface area contributed by atoms with Crippen molar-refractivity contribution in [3.63, 3.8) is 0 Å². The van der Waals surface area contributed by atoms with Crippen molar-refractivity contribution in [1.29, 1.82) is 0 Å². The van der Waals surface area contributed by atoms with E-state index in [-0.39, 0.29) is 10.8 Å². The highest BCUT2D eigenvalue weighted by Crippen LogP contribution is 2.30. The fourth-order valence-corrected chi connectivity index (χ4v) is 4.92. The Balaban J connectivity index is 1.41. The number of piperazine rings is 1. The van der Waals surface area contributed by atoms with E-state index in [2.05, 4.69) is 9.88 Å². The van der Waals surface area contributed by atoms with E-state index in [9.17, 15) is 22.8 Å². The minimum Gasteiger partial charge on any atom is -0.345 e. The normalized spacial score (nSPS) is 15.2. The highest BCUT2D eigenvalue weighted by molar-refractivity contribution is 7.22. The summed E-state index contributed by atoms with van der Waals surface area (Å²) in [5.41, 5.74) is 0.932. The van der Waals surface area contributed by atoms with Crippen molar-refractivity contribution in [3.8, 4) is 0 Å². The molecule has 1 saturated heterocycles. The summed E-state index contributed by atoms with van der Waals surface area (Å²) in [6.45, 7) is 2.06. The molecule has 0 spiro atoms. The molecule has 5 nitrogen and oxygen atoms in total. The molecule has 0 bridgehead atoms. The van der Waals surface area contributed by atoms with Crippen LogP contribution >= 0.6 is 22.7 Å². The summed E-state index contributed by atoms with van der Waals surface area (Å²) in [5, 5.41) is 0.891. The molecule has 0 N–H and O–H groups in total. The van der Waals surface area contributed by atoms with Crippen LogP contribution in [0.3, 0.4) is 0 Å². The number of fused-ring (bicyclic) bond motifs is 1. The second-order valence-corrected chi connectivity index (χ2v) is 8.33. The van der Waals surface area contributed by atoms with E-state index in [0.717, 1.165) is 21.4 Å². The lowest BCUT2D eigenvalue weighted by molar-refractivity contribution is -0.0882. The average Bonchev–Trinajstić information content (AvgIpc) is 3.33. The molecule has 1 amide bonds. The van der Waals surface area contributed by atoms with E-state index in [1.54, 1.807) is 16.2 Å². The second kappa shape index (κ2) is 7.17. The molecule has 146 valence electrons. The van der Waals surface area contributed by atoms with Crippen molar-refractivity contribution in [2.24, 2.45) is 0 Å². The third-order valence-electron chi connectivity index (χ3n) is 4.42. The van der Waals surface area contributed by atoms with E-state index < -0.39 is 16.8 Å². The van der Waals surface area contributed by atoms with Gasteiger partial charge in [0.25, 0.3) is 11.7 Å². The van der Waals surface area contributed by atoms with Crippen LogP contribution in [-0.2, 0) is 0 Å². The Morgan fingerprint density at radius 1 is 0.929 bits per heavy atom. The number of nitrogens with zero attached hydrogens (tertiary/aromatic N) is 3. The van der Waals surface area contributed by atoms with E-state index in [4.69, 9.17) is 0 Å². The van der Waals surface area contributed by atoms with Crippen molar-refractivity contribution in [1.82, 2.24) is 9.88 Å². The summed E-state index contributed by atoms with van der Waals surface area (Å²) in [7, 11) is 0. The number of thiophene rings is 1. The van der Waals surface area contributed by atoms with Gasteiger partial charge in [-0.05, 0) is 24.3 Å². The molecular weight excluding hydrogens is 411 g/mol. The summed E-state index contributed by atoms with van der Waals surface area (Å²) < 4.78 is 38.7. The number of amides is 1. The monoisotopic (exact) mass is 425 g/mol. The third kappa shape index (κ3) is 3.61. The molecule has 1 aliphatic heterocycles. The van der Waals surface area contributed by atoms with E-state index >= 15 is 0 Å². The maximum atomic E-state index is 12.6. The molecule has 0 aliphatic carbocycles. The molecule has 4 rings (SSSR count). The number of thiazole rings is 1. The van der Waals surface area contributed by atoms with Crippen molar-refractivity contribution in [3.05, 3.63) is 46.2 Å². The molecule has 0 unspecified atom stereocenters. The maximum Gasteiger partial charge on any atom is 0.455 e. The molecule has 1 fully saturated rings. The molecule has 28 heavy (non-hydrogen) atoms. The largest absolute Gasteiger partial charge is 0.455 e. The van der Waals surface area contributed by atoms with Gasteiger partial charge < -0.3 is 9.80 Å². The standard InChI is InChI=1S/C18H14F3N3O2S2/c19-18(20,21)15(25)13-5-6-14(27-13)16(26)23-7-9-24(10-8-23)17-22-11-3-1-2-4-12(11)28-17/h1-6H,7-10H2. The van der Waals surface area contributed by atoms with Crippen LogP contribution in [0.15, 0.2) is 36.4 Å². The van der Waals surface area contributed by atoms with Crippen LogP contribution < -0.4 is 4.90 Å². The number of rotatable bonds is 3. The Morgan fingerprint density at radius 2 is 1.61 bits per heavy atom. The molecule has 2 aromatic heterocycles. The minimum atomic E-state index is -4.94. The van der Waals surface area contributed by atoms with Crippen LogP contribution in [0, 0.1) is 0 Å². The number of aromatic nitrogens is 1. The van der Waals surface area contributed by atoms with Crippen molar-refractivity contribution in [2.75, 3.05) is 31.1 Å². The summed E-state index contributed by atoms with van der Waals surface area (Å²) >= 11 is 2.17. The predicted molar refractivity (Wildman–Crippen MR) is 102 cm³/mol. The molecule has 0 atom stereocenters. The Labute approximate surface area is 166 Å². The summed E-state index contributed by atoms with van der Waals surface area (Å²) in [5.74, 6) is -2.27. The molecule has 3 heterocycles. The average molecular weight is 425 g/mol. The van der Waals surface area contributed by atoms with Gasteiger partial charge in [0.2, 0.25) is 0 Å². The van der Waals surface area contributed by atoms with Crippen LogP contribution in [0.5, 0.6) is 0 Å². The predicted octanol–water partition coefficient (Wildman–Crippen LogP) is 4.07. The quantitative estimate of drug-likeness (QED) is 0.594. The number of Topliss-reactive ketones (excluding diaryl/α,β-unsaturated/α-hetero) is 1. The van der Waals surface area contributed by atoms with Gasteiger partial charge in [0.1, 0.15) is 0 Å². The zero-order chi connectivity index (χ0) is 19.9. The van der Waals surface area contributed by atoms with Crippen molar-refractivity contribution in [2.45, 2.75) is 6.18 Å². The first-order chi connectivity index (χ1) is 13.3. The van der Waals surface area contributed by atoms with Gasteiger partial charge in [0.05, 0.1) is 20.0 Å². The van der Waals surface area contributed by atoms with Crippen LogP contribution in [0.4, 0.5) is 18.3 Å². The number of hydrogen-bond acceptors (Lipinski definition) is 6. The van der Waals surface area contributed by atoms with E-state index in [1.165, 1.54) is 6.07 Å². The van der Waals surface area contributed by atoms with Gasteiger partial charge in [-0.2, -0.15) is 13.2 Å². The number of carbonyl (C=O) groups excluding carboxylic acids is 2. The number of hydrogen-bond donors (Lipinski definition) is 0. The minimum absolute atomic E-state index is 0.140. The third-order valence-corrected chi connectivity index (χ3v) is 6.59. The Hall–Kier alpha value is -2.46. The molecule has 0 saturated carbocycles. The number of anilines is 1. The number of alkyl halides is 3. The van der Waals surface area contributed by atoms with Gasteiger partial charge in [-0.3, -0.25) is 9.59 Å². The lowest BCUT2D eigenvalue weighted by Gasteiger charge is -2.34. The van der Waals surface area contributed by atoms with Gasteiger partial charge in [-0.1, -0.05) is 23.5 Å². The fourth-order valence-electron chi connectivity index (χ4n) is 2.97.